The lowest BCUT2D eigenvalue weighted by molar-refractivity contribution is -0.0581. The van der Waals surface area contributed by atoms with Crippen molar-refractivity contribution in [1.29, 1.82) is 0 Å². The highest BCUT2D eigenvalue weighted by molar-refractivity contribution is 4.84. The average Bonchev–Trinajstić information content (AvgIpc) is 2.25. The summed E-state index contributed by atoms with van der Waals surface area (Å²) in [6.45, 7) is 12.6. The summed E-state index contributed by atoms with van der Waals surface area (Å²) in [5, 5.41) is 0. The summed E-state index contributed by atoms with van der Waals surface area (Å²) in [5.41, 5.74) is 0.403. The van der Waals surface area contributed by atoms with Crippen LogP contribution in [0.3, 0.4) is 0 Å². The lowest BCUT2D eigenvalue weighted by Gasteiger charge is -2.40. The van der Waals surface area contributed by atoms with E-state index in [1.165, 1.54) is 32.1 Å². The van der Waals surface area contributed by atoms with Gasteiger partial charge in [-0.25, -0.2) is 0 Å². The van der Waals surface area contributed by atoms with E-state index in [-0.39, 0.29) is 0 Å². The van der Waals surface area contributed by atoms with Gasteiger partial charge in [-0.2, -0.15) is 0 Å². The predicted octanol–water partition coefficient (Wildman–Crippen LogP) is 4.65. The van der Waals surface area contributed by atoms with Crippen molar-refractivity contribution in [3.05, 3.63) is 0 Å². The third kappa shape index (κ3) is 4.08. The summed E-state index contributed by atoms with van der Waals surface area (Å²) in [7, 11) is 0. The zero-order valence-corrected chi connectivity index (χ0v) is 11.9. The van der Waals surface area contributed by atoms with Crippen molar-refractivity contribution in [3.8, 4) is 0 Å². The first-order valence-electron chi connectivity index (χ1n) is 7.06. The van der Waals surface area contributed by atoms with E-state index in [0.717, 1.165) is 12.5 Å². The number of hydrogen-bond donors (Lipinski definition) is 0. The Labute approximate surface area is 102 Å². The molecule has 1 nitrogen and oxygen atoms in total. The number of ether oxygens (including phenoxy) is 1. The highest BCUT2D eigenvalue weighted by Crippen LogP contribution is 2.39. The van der Waals surface area contributed by atoms with Crippen molar-refractivity contribution in [2.45, 2.75) is 72.8 Å². The lowest BCUT2D eigenvalue weighted by atomic mass is 9.70. The van der Waals surface area contributed by atoms with Crippen molar-refractivity contribution in [3.63, 3.8) is 0 Å². The first-order valence-corrected chi connectivity index (χ1v) is 7.06. The van der Waals surface area contributed by atoms with Crippen molar-refractivity contribution < 1.29 is 4.74 Å². The van der Waals surface area contributed by atoms with Crippen LogP contribution < -0.4 is 0 Å². The highest BCUT2D eigenvalue weighted by Gasteiger charge is 2.34. The Kier molecular flexibility index (Phi) is 5.30. The second kappa shape index (κ2) is 6.05. The molecule has 96 valence electrons. The zero-order valence-electron chi connectivity index (χ0n) is 11.9. The number of rotatable bonds is 4. The van der Waals surface area contributed by atoms with Crippen molar-refractivity contribution in [2.24, 2.45) is 17.3 Å². The van der Waals surface area contributed by atoms with Crippen LogP contribution in [0.4, 0.5) is 0 Å². The standard InChI is InChI=1S/C15H30O/c1-6-12(2)11-16-14-10-8-7-9-13(14)15(3,4)5/h12-14H,6-11H2,1-5H3. The van der Waals surface area contributed by atoms with Crippen LogP contribution in [0.15, 0.2) is 0 Å². The van der Waals surface area contributed by atoms with Crippen LogP contribution in [0.25, 0.3) is 0 Å². The average molecular weight is 226 g/mol. The summed E-state index contributed by atoms with van der Waals surface area (Å²) in [5.74, 6) is 1.47. The van der Waals surface area contributed by atoms with Gasteiger partial charge in [0, 0.05) is 6.61 Å². The predicted molar refractivity (Wildman–Crippen MR) is 70.6 cm³/mol. The Morgan fingerprint density at radius 2 is 1.81 bits per heavy atom. The van der Waals surface area contributed by atoms with Gasteiger partial charge in [-0.1, -0.05) is 53.9 Å². The molecular weight excluding hydrogens is 196 g/mol. The second-order valence-electron chi connectivity index (χ2n) is 6.64. The molecule has 3 unspecified atom stereocenters. The van der Waals surface area contributed by atoms with E-state index in [2.05, 4.69) is 34.6 Å². The van der Waals surface area contributed by atoms with Gasteiger partial charge in [-0.15, -0.1) is 0 Å². The van der Waals surface area contributed by atoms with E-state index < -0.39 is 0 Å². The SMILES string of the molecule is CCC(C)COC1CCCCC1C(C)(C)C. The third-order valence-corrected chi connectivity index (χ3v) is 4.11. The Balaban J connectivity index is 2.47. The highest BCUT2D eigenvalue weighted by atomic mass is 16.5. The molecule has 0 radical (unpaired) electrons. The van der Waals surface area contributed by atoms with Gasteiger partial charge in [0.15, 0.2) is 0 Å². The molecule has 0 aliphatic heterocycles. The molecule has 0 bridgehead atoms. The van der Waals surface area contributed by atoms with Gasteiger partial charge in [0.1, 0.15) is 0 Å². The summed E-state index contributed by atoms with van der Waals surface area (Å²) in [6, 6.07) is 0. The Bertz CT molecular complexity index is 192. The molecule has 0 aromatic carbocycles. The van der Waals surface area contributed by atoms with Gasteiger partial charge in [0.05, 0.1) is 6.10 Å². The molecule has 0 heterocycles. The van der Waals surface area contributed by atoms with Crippen molar-refractivity contribution in [1.82, 2.24) is 0 Å². The minimum Gasteiger partial charge on any atom is -0.378 e. The Hall–Kier alpha value is -0.0400. The molecule has 1 saturated carbocycles. The summed E-state index contributed by atoms with van der Waals surface area (Å²) in [4.78, 5) is 0. The molecule has 16 heavy (non-hydrogen) atoms. The summed E-state index contributed by atoms with van der Waals surface area (Å²) >= 11 is 0. The van der Waals surface area contributed by atoms with Crippen LogP contribution >= 0.6 is 0 Å². The van der Waals surface area contributed by atoms with E-state index in [4.69, 9.17) is 4.74 Å². The van der Waals surface area contributed by atoms with Crippen LogP contribution in [0.2, 0.25) is 0 Å². The van der Waals surface area contributed by atoms with Crippen molar-refractivity contribution in [2.75, 3.05) is 6.61 Å². The molecule has 0 aromatic heterocycles. The summed E-state index contributed by atoms with van der Waals surface area (Å²) in [6.07, 6.45) is 7.13. The molecule has 0 N–H and O–H groups in total. The molecule has 1 aliphatic rings. The van der Waals surface area contributed by atoms with Gasteiger partial charge in [0.2, 0.25) is 0 Å². The van der Waals surface area contributed by atoms with E-state index in [0.29, 0.717) is 17.4 Å². The van der Waals surface area contributed by atoms with Crippen LogP contribution in [-0.4, -0.2) is 12.7 Å². The smallest absolute Gasteiger partial charge is 0.0608 e. The van der Waals surface area contributed by atoms with Gasteiger partial charge in [0.25, 0.3) is 0 Å². The molecule has 0 aromatic rings. The van der Waals surface area contributed by atoms with Crippen LogP contribution in [0, 0.1) is 17.3 Å². The minimum atomic E-state index is 0.403. The van der Waals surface area contributed by atoms with E-state index >= 15 is 0 Å². The third-order valence-electron chi connectivity index (χ3n) is 4.11. The topological polar surface area (TPSA) is 9.23 Å². The summed E-state index contributed by atoms with van der Waals surface area (Å²) < 4.78 is 6.17. The maximum Gasteiger partial charge on any atom is 0.0608 e. The quantitative estimate of drug-likeness (QED) is 0.678. The van der Waals surface area contributed by atoms with Gasteiger partial charge in [-0.3, -0.25) is 0 Å². The monoisotopic (exact) mass is 226 g/mol. The molecule has 0 spiro atoms. The molecule has 1 heteroatoms. The molecule has 1 aliphatic carbocycles. The van der Waals surface area contributed by atoms with E-state index in [1.807, 2.05) is 0 Å². The lowest BCUT2D eigenvalue weighted by Crippen LogP contribution is -2.37. The van der Waals surface area contributed by atoms with E-state index in [9.17, 15) is 0 Å². The zero-order chi connectivity index (χ0) is 12.2. The first kappa shape index (κ1) is 14.0. The van der Waals surface area contributed by atoms with Gasteiger partial charge in [-0.05, 0) is 30.1 Å². The fourth-order valence-electron chi connectivity index (χ4n) is 2.69. The fraction of sp³-hybridized carbons (Fsp3) is 1.00. The largest absolute Gasteiger partial charge is 0.378 e. The molecule has 0 saturated heterocycles. The van der Waals surface area contributed by atoms with Gasteiger partial charge < -0.3 is 4.74 Å². The van der Waals surface area contributed by atoms with Crippen LogP contribution in [0.1, 0.15) is 66.7 Å². The van der Waals surface area contributed by atoms with Gasteiger partial charge >= 0.3 is 0 Å². The number of hydrogen-bond acceptors (Lipinski definition) is 1. The Morgan fingerprint density at radius 1 is 1.19 bits per heavy atom. The molecule has 0 amide bonds. The second-order valence-corrected chi connectivity index (χ2v) is 6.64. The molecule has 1 fully saturated rings. The van der Waals surface area contributed by atoms with Crippen LogP contribution in [0.5, 0.6) is 0 Å². The molecular formula is C15H30O. The Morgan fingerprint density at radius 3 is 2.38 bits per heavy atom. The van der Waals surface area contributed by atoms with Crippen molar-refractivity contribution >= 4 is 0 Å². The first-order chi connectivity index (χ1) is 7.45. The van der Waals surface area contributed by atoms with E-state index in [1.54, 1.807) is 0 Å². The maximum atomic E-state index is 6.17. The fourth-order valence-corrected chi connectivity index (χ4v) is 2.69. The molecule has 1 rings (SSSR count). The molecule has 3 atom stereocenters. The van der Waals surface area contributed by atoms with Crippen LogP contribution in [-0.2, 0) is 4.74 Å². The maximum absolute atomic E-state index is 6.17. The normalized spacial score (nSPS) is 29.1. The minimum absolute atomic E-state index is 0.403.